The van der Waals surface area contributed by atoms with Gasteiger partial charge in [0.05, 0.1) is 22.4 Å². The molecule has 0 aliphatic heterocycles. The summed E-state index contributed by atoms with van der Waals surface area (Å²) in [7, 11) is 0. The molecule has 0 saturated heterocycles. The maximum absolute atomic E-state index is 12.5. The smallest absolute Gasteiger partial charge is 0.320 e. The summed E-state index contributed by atoms with van der Waals surface area (Å²) in [5, 5.41) is 24.1. The van der Waals surface area contributed by atoms with Crippen molar-refractivity contribution in [2.75, 3.05) is 5.32 Å². The van der Waals surface area contributed by atoms with Crippen molar-refractivity contribution in [3.8, 4) is 28.4 Å². The summed E-state index contributed by atoms with van der Waals surface area (Å²) in [6, 6.07) is 22.0. The summed E-state index contributed by atoms with van der Waals surface area (Å²) in [6.07, 6.45) is 1.66. The van der Waals surface area contributed by atoms with E-state index in [1.165, 1.54) is 0 Å². The van der Waals surface area contributed by atoms with Crippen molar-refractivity contribution in [2.24, 2.45) is 0 Å². The van der Waals surface area contributed by atoms with Crippen molar-refractivity contribution in [3.63, 3.8) is 0 Å². The van der Waals surface area contributed by atoms with E-state index in [4.69, 9.17) is 11.6 Å². The number of nitrogens with zero attached hydrogens (tertiary/aromatic N) is 3. The zero-order chi connectivity index (χ0) is 23.5. The number of amides is 2. The summed E-state index contributed by atoms with van der Waals surface area (Å²) < 4.78 is 0. The Morgan fingerprint density at radius 1 is 0.941 bits per heavy atom. The van der Waals surface area contributed by atoms with E-state index < -0.39 is 11.9 Å². The molecular formula is C25H19ClN6O2. The van der Waals surface area contributed by atoms with Crippen LogP contribution >= 0.6 is 11.6 Å². The first kappa shape index (κ1) is 21.4. The number of hydrogen-bond donors (Lipinski definition) is 4. The molecule has 5 rings (SSSR count). The number of aromatic hydroxyl groups is 1. The molecule has 0 fully saturated rings. The van der Waals surface area contributed by atoms with Gasteiger partial charge in [-0.25, -0.2) is 14.8 Å². The fourth-order valence-electron chi connectivity index (χ4n) is 3.59. The van der Waals surface area contributed by atoms with Gasteiger partial charge in [-0.2, -0.15) is 5.10 Å². The number of urea groups is 1. The molecule has 3 aromatic carbocycles. The van der Waals surface area contributed by atoms with Gasteiger partial charge in [0.2, 0.25) is 0 Å². The largest absolute Gasteiger partial charge is 0.491 e. The van der Waals surface area contributed by atoms with Gasteiger partial charge < -0.3 is 10.4 Å². The van der Waals surface area contributed by atoms with Crippen molar-refractivity contribution < 1.29 is 9.90 Å². The number of aromatic amines is 1. The number of carbonyl (C=O) groups excluding carboxylic acids is 1. The zero-order valence-corrected chi connectivity index (χ0v) is 18.5. The molecular weight excluding hydrogens is 452 g/mol. The van der Waals surface area contributed by atoms with Crippen LogP contribution in [0.25, 0.3) is 33.4 Å². The zero-order valence-electron chi connectivity index (χ0n) is 17.8. The molecule has 9 heteroatoms. The summed E-state index contributed by atoms with van der Waals surface area (Å²) in [6.45, 7) is 0.327. The fourth-order valence-corrected chi connectivity index (χ4v) is 3.86. The third-order valence-electron chi connectivity index (χ3n) is 5.23. The first-order chi connectivity index (χ1) is 16.6. The third kappa shape index (κ3) is 4.39. The topological polar surface area (TPSA) is 116 Å². The van der Waals surface area contributed by atoms with E-state index in [1.807, 2.05) is 66.7 Å². The highest BCUT2D eigenvalue weighted by Gasteiger charge is 2.19. The Morgan fingerprint density at radius 3 is 2.41 bits per heavy atom. The third-order valence-corrected chi connectivity index (χ3v) is 5.52. The lowest BCUT2D eigenvalue weighted by molar-refractivity contribution is 0.251. The van der Waals surface area contributed by atoms with Crippen LogP contribution in [0.3, 0.4) is 0 Å². The number of fused-ring (bicyclic) bond motifs is 1. The number of carbonyl (C=O) groups is 1. The van der Waals surface area contributed by atoms with E-state index >= 15 is 0 Å². The SMILES string of the molecule is O=C(NCc1ccccc1)Nc1nc(-c2ccccc2)c(-c2cc(Cl)c3[nH]ncc3c2)nc1O. The van der Waals surface area contributed by atoms with Crippen molar-refractivity contribution in [1.82, 2.24) is 25.5 Å². The number of hydrogen-bond acceptors (Lipinski definition) is 5. The van der Waals surface area contributed by atoms with Crippen LogP contribution < -0.4 is 10.6 Å². The standard InChI is InChI=1S/C25H19ClN6O2/c26-19-12-17(11-18-14-28-32-20(18)19)22-21(16-9-5-2-6-10-16)29-23(24(33)30-22)31-25(34)27-13-15-7-3-1-4-8-15/h1-12,14H,13H2,(H,28,32)(H,30,33)(H2,27,29,31,34). The second-order valence-corrected chi connectivity index (χ2v) is 7.95. The molecule has 0 spiro atoms. The first-order valence-corrected chi connectivity index (χ1v) is 10.8. The minimum atomic E-state index is -0.511. The van der Waals surface area contributed by atoms with Crippen LogP contribution in [0.2, 0.25) is 5.02 Å². The van der Waals surface area contributed by atoms with Gasteiger partial charge in [0.1, 0.15) is 5.69 Å². The van der Waals surface area contributed by atoms with Crippen molar-refractivity contribution >= 4 is 34.4 Å². The monoisotopic (exact) mass is 470 g/mol. The highest BCUT2D eigenvalue weighted by molar-refractivity contribution is 6.35. The van der Waals surface area contributed by atoms with Crippen LogP contribution in [0.1, 0.15) is 5.56 Å². The van der Waals surface area contributed by atoms with E-state index in [9.17, 15) is 9.90 Å². The number of anilines is 1. The Bertz CT molecular complexity index is 1470. The Kier molecular flexibility index (Phi) is 5.80. The van der Waals surface area contributed by atoms with Gasteiger partial charge in [0.15, 0.2) is 5.82 Å². The molecule has 2 amide bonds. The summed E-state index contributed by atoms with van der Waals surface area (Å²) in [5.41, 5.74) is 3.97. The Hall–Kier alpha value is -4.43. The quantitative estimate of drug-likeness (QED) is 0.275. The van der Waals surface area contributed by atoms with Crippen LogP contribution in [0, 0.1) is 0 Å². The number of rotatable bonds is 5. The molecule has 168 valence electrons. The number of nitrogens with one attached hydrogen (secondary N) is 3. The minimum absolute atomic E-state index is 0.0522. The van der Waals surface area contributed by atoms with Crippen LogP contribution in [-0.4, -0.2) is 31.3 Å². The molecule has 8 nitrogen and oxygen atoms in total. The van der Waals surface area contributed by atoms with Crippen molar-refractivity contribution in [3.05, 3.63) is 89.6 Å². The van der Waals surface area contributed by atoms with Gasteiger partial charge in [-0.15, -0.1) is 0 Å². The van der Waals surface area contributed by atoms with E-state index in [-0.39, 0.29) is 5.82 Å². The number of H-pyrrole nitrogens is 1. The van der Waals surface area contributed by atoms with Crippen LogP contribution in [0.4, 0.5) is 10.6 Å². The molecule has 0 saturated carbocycles. The van der Waals surface area contributed by atoms with Crippen LogP contribution in [-0.2, 0) is 6.54 Å². The van der Waals surface area contributed by atoms with Gasteiger partial charge in [0.25, 0.3) is 5.88 Å². The predicted octanol–water partition coefficient (Wildman–Crippen LogP) is 5.37. The summed E-state index contributed by atoms with van der Waals surface area (Å²) in [5.74, 6) is -0.461. The molecule has 5 aromatic rings. The van der Waals surface area contributed by atoms with E-state index in [1.54, 1.807) is 12.3 Å². The van der Waals surface area contributed by atoms with Gasteiger partial charge in [-0.05, 0) is 17.7 Å². The summed E-state index contributed by atoms with van der Waals surface area (Å²) >= 11 is 6.43. The van der Waals surface area contributed by atoms with E-state index in [2.05, 4.69) is 30.8 Å². The van der Waals surface area contributed by atoms with Gasteiger partial charge in [-0.3, -0.25) is 10.4 Å². The summed E-state index contributed by atoms with van der Waals surface area (Å²) in [4.78, 5) is 21.4. The lowest BCUT2D eigenvalue weighted by Crippen LogP contribution is -2.28. The molecule has 2 aromatic heterocycles. The van der Waals surface area contributed by atoms with Crippen molar-refractivity contribution in [1.29, 1.82) is 0 Å². The van der Waals surface area contributed by atoms with Crippen molar-refractivity contribution in [2.45, 2.75) is 6.54 Å². The molecule has 0 unspecified atom stereocenters. The molecule has 0 aliphatic rings. The maximum atomic E-state index is 12.5. The average Bonchev–Trinajstić information content (AvgIpc) is 3.34. The Balaban J connectivity index is 1.51. The van der Waals surface area contributed by atoms with Gasteiger partial charge in [0, 0.05) is 23.1 Å². The van der Waals surface area contributed by atoms with E-state index in [0.717, 1.165) is 16.5 Å². The number of benzene rings is 3. The number of aromatic nitrogens is 4. The molecule has 0 atom stereocenters. The minimum Gasteiger partial charge on any atom is -0.491 e. The Morgan fingerprint density at radius 2 is 1.65 bits per heavy atom. The first-order valence-electron chi connectivity index (χ1n) is 10.5. The molecule has 0 radical (unpaired) electrons. The number of halogens is 1. The lowest BCUT2D eigenvalue weighted by Gasteiger charge is -2.14. The predicted molar refractivity (Wildman–Crippen MR) is 132 cm³/mol. The molecule has 0 bridgehead atoms. The molecule has 34 heavy (non-hydrogen) atoms. The normalized spacial score (nSPS) is 10.9. The average molecular weight is 471 g/mol. The van der Waals surface area contributed by atoms with Crippen LogP contribution in [0.15, 0.2) is 79.0 Å². The molecule has 0 aliphatic carbocycles. The van der Waals surface area contributed by atoms with Gasteiger partial charge >= 0.3 is 6.03 Å². The lowest BCUT2D eigenvalue weighted by atomic mass is 10.0. The maximum Gasteiger partial charge on any atom is 0.320 e. The van der Waals surface area contributed by atoms with E-state index in [0.29, 0.717) is 34.0 Å². The second kappa shape index (κ2) is 9.21. The second-order valence-electron chi connectivity index (χ2n) is 7.54. The fraction of sp³-hybridized carbons (Fsp3) is 0.0400. The van der Waals surface area contributed by atoms with Crippen LogP contribution in [0.5, 0.6) is 5.88 Å². The van der Waals surface area contributed by atoms with Gasteiger partial charge in [-0.1, -0.05) is 72.3 Å². The Labute approximate surface area is 199 Å². The molecule has 2 heterocycles. The highest BCUT2D eigenvalue weighted by Crippen LogP contribution is 2.36. The highest BCUT2D eigenvalue weighted by atomic mass is 35.5. The molecule has 4 N–H and O–H groups in total.